The number of hydrogen-bond acceptors (Lipinski definition) is 3. The predicted octanol–water partition coefficient (Wildman–Crippen LogP) is 1.92. The van der Waals surface area contributed by atoms with Crippen LogP contribution >= 0.6 is 0 Å². The first-order valence-electron chi connectivity index (χ1n) is 5.79. The van der Waals surface area contributed by atoms with Crippen molar-refractivity contribution in [3.63, 3.8) is 0 Å². The minimum absolute atomic E-state index is 0.325. The lowest BCUT2D eigenvalue weighted by Gasteiger charge is -2.33. The molecule has 0 amide bonds. The normalized spacial score (nSPS) is 23.1. The summed E-state index contributed by atoms with van der Waals surface area (Å²) < 4.78 is 0. The molecular formula is C12H20N2O2. The summed E-state index contributed by atoms with van der Waals surface area (Å²) in [5, 5.41) is 9.13. The van der Waals surface area contributed by atoms with Crippen LogP contribution in [0.3, 0.4) is 0 Å². The highest BCUT2D eigenvalue weighted by atomic mass is 16.4. The van der Waals surface area contributed by atoms with Crippen LogP contribution in [0.25, 0.3) is 0 Å². The maximum atomic E-state index is 11.1. The lowest BCUT2D eigenvalue weighted by molar-refractivity contribution is -0.144. The Bertz CT molecular complexity index is 287. The van der Waals surface area contributed by atoms with Gasteiger partial charge in [0.15, 0.2) is 0 Å². The zero-order chi connectivity index (χ0) is 12.0. The van der Waals surface area contributed by atoms with Gasteiger partial charge in [-0.1, -0.05) is 13.3 Å². The molecule has 1 atom stereocenters. The molecule has 4 heteroatoms. The van der Waals surface area contributed by atoms with Crippen molar-refractivity contribution in [1.29, 1.82) is 0 Å². The summed E-state index contributed by atoms with van der Waals surface area (Å²) >= 11 is 0. The Kier molecular flexibility index (Phi) is 5.19. The molecule has 0 aromatic rings. The Morgan fingerprint density at radius 1 is 1.62 bits per heavy atom. The van der Waals surface area contributed by atoms with Crippen LogP contribution < -0.4 is 0 Å². The third-order valence-electron chi connectivity index (χ3n) is 3.03. The first-order chi connectivity index (χ1) is 7.69. The SMILES string of the molecule is C=N/C=C(\CC)CN1CCCC[C@H]1C(=O)O. The Hall–Kier alpha value is -1.16. The molecule has 1 aliphatic heterocycles. The second-order valence-corrected chi connectivity index (χ2v) is 4.14. The van der Waals surface area contributed by atoms with Gasteiger partial charge < -0.3 is 5.11 Å². The van der Waals surface area contributed by atoms with E-state index in [9.17, 15) is 4.79 Å². The number of carboxylic acids is 1. The minimum Gasteiger partial charge on any atom is -0.480 e. The molecule has 16 heavy (non-hydrogen) atoms. The molecule has 0 bridgehead atoms. The average Bonchev–Trinajstić information content (AvgIpc) is 2.29. The van der Waals surface area contributed by atoms with E-state index >= 15 is 0 Å². The standard InChI is InChI=1S/C12H20N2O2/c1-3-10(8-13-2)9-14-7-5-4-6-11(14)12(15)16/h8,11H,2-7,9H2,1H3,(H,15,16)/b10-8+/t11-/m0/s1. The number of piperidine rings is 1. The highest BCUT2D eigenvalue weighted by Crippen LogP contribution is 2.19. The van der Waals surface area contributed by atoms with Crippen molar-refractivity contribution < 1.29 is 9.90 Å². The summed E-state index contributed by atoms with van der Waals surface area (Å²) in [5.41, 5.74) is 1.14. The maximum Gasteiger partial charge on any atom is 0.320 e. The van der Waals surface area contributed by atoms with Crippen molar-refractivity contribution in [2.24, 2.45) is 4.99 Å². The van der Waals surface area contributed by atoms with Gasteiger partial charge in [-0.2, -0.15) is 0 Å². The average molecular weight is 224 g/mol. The van der Waals surface area contributed by atoms with Crippen LogP contribution in [0.1, 0.15) is 32.6 Å². The molecule has 0 aromatic heterocycles. The monoisotopic (exact) mass is 224 g/mol. The smallest absolute Gasteiger partial charge is 0.320 e. The Labute approximate surface area is 96.7 Å². The molecule has 0 saturated carbocycles. The van der Waals surface area contributed by atoms with Gasteiger partial charge in [-0.3, -0.25) is 14.7 Å². The van der Waals surface area contributed by atoms with Gasteiger partial charge in [0.2, 0.25) is 0 Å². The van der Waals surface area contributed by atoms with E-state index in [1.54, 1.807) is 6.20 Å². The van der Waals surface area contributed by atoms with E-state index in [4.69, 9.17) is 5.11 Å². The Balaban J connectivity index is 2.65. The van der Waals surface area contributed by atoms with E-state index in [-0.39, 0.29) is 6.04 Å². The molecule has 1 saturated heterocycles. The molecule has 1 heterocycles. The number of rotatable bonds is 5. The fraction of sp³-hybridized carbons (Fsp3) is 0.667. The molecule has 0 spiro atoms. The summed E-state index contributed by atoms with van der Waals surface area (Å²) in [5.74, 6) is -0.707. The van der Waals surface area contributed by atoms with Crippen LogP contribution in [0.5, 0.6) is 0 Å². The van der Waals surface area contributed by atoms with Gasteiger partial charge in [-0.15, -0.1) is 0 Å². The number of carboxylic acid groups (broad SMARTS) is 1. The number of aliphatic carboxylic acids is 1. The summed E-state index contributed by atoms with van der Waals surface area (Å²) in [6.07, 6.45) is 5.49. The zero-order valence-corrected chi connectivity index (χ0v) is 9.85. The quantitative estimate of drug-likeness (QED) is 0.726. The number of hydrogen-bond donors (Lipinski definition) is 1. The molecule has 4 nitrogen and oxygen atoms in total. The largest absolute Gasteiger partial charge is 0.480 e. The summed E-state index contributed by atoms with van der Waals surface area (Å²) in [7, 11) is 0. The summed E-state index contributed by atoms with van der Waals surface area (Å²) in [6.45, 7) is 7.05. The first-order valence-corrected chi connectivity index (χ1v) is 5.79. The van der Waals surface area contributed by atoms with Gasteiger partial charge in [-0.25, -0.2) is 0 Å². The van der Waals surface area contributed by atoms with Crippen LogP contribution in [0, 0.1) is 0 Å². The molecule has 1 fully saturated rings. The topological polar surface area (TPSA) is 52.9 Å². The van der Waals surface area contributed by atoms with E-state index < -0.39 is 5.97 Å². The number of carbonyl (C=O) groups is 1. The maximum absolute atomic E-state index is 11.1. The molecule has 0 aliphatic carbocycles. The Morgan fingerprint density at radius 2 is 2.38 bits per heavy atom. The molecule has 1 aliphatic rings. The number of aliphatic imine (C=N–C) groups is 1. The van der Waals surface area contributed by atoms with Gasteiger partial charge in [0, 0.05) is 12.7 Å². The lowest BCUT2D eigenvalue weighted by Crippen LogP contribution is -2.45. The second kappa shape index (κ2) is 6.43. The number of likely N-dealkylation sites (tertiary alicyclic amines) is 1. The van der Waals surface area contributed by atoms with Gasteiger partial charge in [0.05, 0.1) is 0 Å². The van der Waals surface area contributed by atoms with Crippen molar-refractivity contribution in [2.75, 3.05) is 13.1 Å². The van der Waals surface area contributed by atoms with E-state index in [1.807, 2.05) is 4.90 Å². The van der Waals surface area contributed by atoms with Gasteiger partial charge in [0.25, 0.3) is 0 Å². The van der Waals surface area contributed by atoms with E-state index in [1.165, 1.54) is 0 Å². The van der Waals surface area contributed by atoms with Crippen molar-refractivity contribution in [3.05, 3.63) is 11.8 Å². The van der Waals surface area contributed by atoms with Crippen LogP contribution in [0.2, 0.25) is 0 Å². The fourth-order valence-electron chi connectivity index (χ4n) is 2.09. The van der Waals surface area contributed by atoms with E-state index in [0.717, 1.165) is 37.8 Å². The molecule has 1 rings (SSSR count). The number of nitrogens with zero attached hydrogens (tertiary/aromatic N) is 2. The molecule has 0 radical (unpaired) electrons. The molecule has 90 valence electrons. The fourth-order valence-corrected chi connectivity index (χ4v) is 2.09. The van der Waals surface area contributed by atoms with Crippen molar-refractivity contribution in [2.45, 2.75) is 38.6 Å². The molecule has 0 unspecified atom stereocenters. The predicted molar refractivity (Wildman–Crippen MR) is 64.8 cm³/mol. The van der Waals surface area contributed by atoms with E-state index in [2.05, 4.69) is 18.6 Å². The highest BCUT2D eigenvalue weighted by Gasteiger charge is 2.28. The third-order valence-corrected chi connectivity index (χ3v) is 3.03. The van der Waals surface area contributed by atoms with E-state index in [0.29, 0.717) is 6.54 Å². The van der Waals surface area contributed by atoms with Gasteiger partial charge >= 0.3 is 5.97 Å². The van der Waals surface area contributed by atoms with Crippen LogP contribution in [-0.4, -0.2) is 41.8 Å². The van der Waals surface area contributed by atoms with Crippen molar-refractivity contribution in [1.82, 2.24) is 4.90 Å². The van der Waals surface area contributed by atoms with Gasteiger partial charge in [0.1, 0.15) is 6.04 Å². The molecular weight excluding hydrogens is 204 g/mol. The minimum atomic E-state index is -0.707. The second-order valence-electron chi connectivity index (χ2n) is 4.14. The van der Waals surface area contributed by atoms with Crippen LogP contribution in [0.4, 0.5) is 0 Å². The molecule has 1 N–H and O–H groups in total. The zero-order valence-electron chi connectivity index (χ0n) is 9.85. The summed E-state index contributed by atoms with van der Waals surface area (Å²) in [4.78, 5) is 16.9. The lowest BCUT2D eigenvalue weighted by atomic mass is 10.0. The van der Waals surface area contributed by atoms with Crippen molar-refractivity contribution in [3.8, 4) is 0 Å². The van der Waals surface area contributed by atoms with Gasteiger partial charge in [-0.05, 0) is 38.1 Å². The van der Waals surface area contributed by atoms with Crippen LogP contribution in [0.15, 0.2) is 16.8 Å². The summed E-state index contributed by atoms with van der Waals surface area (Å²) in [6, 6.07) is -0.325. The first kappa shape index (κ1) is 12.9. The highest BCUT2D eigenvalue weighted by molar-refractivity contribution is 5.73. The molecule has 0 aromatic carbocycles. The van der Waals surface area contributed by atoms with Crippen molar-refractivity contribution >= 4 is 12.7 Å². The Morgan fingerprint density at radius 3 is 2.94 bits per heavy atom. The third kappa shape index (κ3) is 3.45. The van der Waals surface area contributed by atoms with Crippen LogP contribution in [-0.2, 0) is 4.79 Å².